The molecule has 0 unspecified atom stereocenters. The smallest absolute Gasteiger partial charge is 0.256 e. The lowest BCUT2D eigenvalue weighted by molar-refractivity contribution is 0.100. The number of hydrogen-bond donors (Lipinski definition) is 2. The molecule has 2 amide bonds. The lowest BCUT2D eigenvalue weighted by Gasteiger charge is -2.05. The molecular formula is C15H13N3O2S. The number of nitrogens with zero attached hydrogens (tertiary/aromatic N) is 1. The average Bonchev–Trinajstić information content (AvgIpc) is 2.73. The number of anilines is 1. The number of hydrogen-bond acceptors (Lipinski definition) is 4. The summed E-state index contributed by atoms with van der Waals surface area (Å²) in [5, 5.41) is 12.0. The number of thiophene rings is 1. The highest BCUT2D eigenvalue weighted by Crippen LogP contribution is 2.32. The number of carbonyl (C=O) groups is 2. The Morgan fingerprint density at radius 3 is 2.67 bits per heavy atom. The van der Waals surface area contributed by atoms with Crippen molar-refractivity contribution in [2.24, 2.45) is 5.73 Å². The third kappa shape index (κ3) is 2.93. The molecule has 0 aliphatic heterocycles. The summed E-state index contributed by atoms with van der Waals surface area (Å²) in [7, 11) is 0. The quantitative estimate of drug-likeness (QED) is 0.911. The molecule has 3 N–H and O–H groups in total. The monoisotopic (exact) mass is 299 g/mol. The van der Waals surface area contributed by atoms with Crippen molar-refractivity contribution in [3.63, 3.8) is 0 Å². The Morgan fingerprint density at radius 1 is 1.33 bits per heavy atom. The fourth-order valence-electron chi connectivity index (χ4n) is 1.92. The van der Waals surface area contributed by atoms with E-state index in [1.54, 1.807) is 25.1 Å². The summed E-state index contributed by atoms with van der Waals surface area (Å²) >= 11 is 1.30. The third-order valence-corrected chi connectivity index (χ3v) is 4.24. The van der Waals surface area contributed by atoms with Gasteiger partial charge in [0.25, 0.3) is 11.8 Å². The molecule has 0 aliphatic rings. The molecule has 0 saturated carbocycles. The fraction of sp³-hybridized carbons (Fsp3) is 0.133. The number of rotatable bonds is 3. The molecule has 1 aromatic carbocycles. The van der Waals surface area contributed by atoms with Gasteiger partial charge in [0.15, 0.2) is 0 Å². The van der Waals surface area contributed by atoms with Crippen LogP contribution in [-0.4, -0.2) is 11.8 Å². The van der Waals surface area contributed by atoms with E-state index in [1.165, 1.54) is 17.4 Å². The van der Waals surface area contributed by atoms with Crippen molar-refractivity contribution in [2.75, 3.05) is 5.32 Å². The van der Waals surface area contributed by atoms with E-state index in [9.17, 15) is 9.59 Å². The summed E-state index contributed by atoms with van der Waals surface area (Å²) in [6.45, 7) is 3.65. The fourth-order valence-corrected chi connectivity index (χ4v) is 2.98. The van der Waals surface area contributed by atoms with Gasteiger partial charge >= 0.3 is 0 Å². The summed E-state index contributed by atoms with van der Waals surface area (Å²) < 4.78 is 0. The zero-order chi connectivity index (χ0) is 15.6. The Morgan fingerprint density at radius 2 is 2.05 bits per heavy atom. The summed E-state index contributed by atoms with van der Waals surface area (Å²) in [5.74, 6) is -0.950. The number of nitrogens with one attached hydrogen (secondary N) is 1. The van der Waals surface area contributed by atoms with Gasteiger partial charge in [-0.1, -0.05) is 6.07 Å². The van der Waals surface area contributed by atoms with Crippen molar-refractivity contribution in [3.8, 4) is 6.07 Å². The highest BCUT2D eigenvalue weighted by Gasteiger charge is 2.19. The first-order valence-corrected chi connectivity index (χ1v) is 6.97. The number of nitrogens with two attached hydrogens (primary N) is 1. The van der Waals surface area contributed by atoms with E-state index < -0.39 is 5.91 Å². The van der Waals surface area contributed by atoms with Crippen LogP contribution in [0.4, 0.5) is 5.00 Å². The van der Waals surface area contributed by atoms with Gasteiger partial charge < -0.3 is 11.1 Å². The number of primary amides is 1. The molecular weight excluding hydrogens is 286 g/mol. The number of amides is 2. The van der Waals surface area contributed by atoms with Gasteiger partial charge in [0, 0.05) is 10.4 Å². The molecule has 0 bridgehead atoms. The van der Waals surface area contributed by atoms with Crippen molar-refractivity contribution < 1.29 is 9.59 Å². The second-order valence-corrected chi connectivity index (χ2v) is 5.72. The highest BCUT2D eigenvalue weighted by atomic mass is 32.1. The zero-order valence-corrected chi connectivity index (χ0v) is 12.4. The number of aryl methyl sites for hydroxylation is 1. The molecule has 1 heterocycles. The molecule has 6 heteroatoms. The first kappa shape index (κ1) is 14.8. The first-order chi connectivity index (χ1) is 9.93. The minimum absolute atomic E-state index is 0.335. The number of carbonyl (C=O) groups excluding carboxylic acids is 2. The van der Waals surface area contributed by atoms with E-state index >= 15 is 0 Å². The molecule has 0 saturated heterocycles. The maximum atomic E-state index is 12.2. The largest absolute Gasteiger partial charge is 0.365 e. The van der Waals surface area contributed by atoms with E-state index in [2.05, 4.69) is 5.32 Å². The highest BCUT2D eigenvalue weighted by molar-refractivity contribution is 7.16. The maximum Gasteiger partial charge on any atom is 0.256 e. The van der Waals surface area contributed by atoms with E-state index in [0.717, 1.165) is 10.4 Å². The van der Waals surface area contributed by atoms with Crippen LogP contribution in [0.15, 0.2) is 24.3 Å². The Kier molecular flexibility index (Phi) is 4.05. The average molecular weight is 299 g/mol. The van der Waals surface area contributed by atoms with Gasteiger partial charge in [0.05, 0.1) is 17.2 Å². The Labute approximate surface area is 126 Å². The van der Waals surface area contributed by atoms with Gasteiger partial charge in [-0.3, -0.25) is 9.59 Å². The molecule has 5 nitrogen and oxygen atoms in total. The van der Waals surface area contributed by atoms with Crippen molar-refractivity contribution in [2.45, 2.75) is 13.8 Å². The SMILES string of the molecule is Cc1sc(NC(=O)c2cccc(C#N)c2)c(C(N)=O)c1C. The van der Waals surface area contributed by atoms with Gasteiger partial charge in [-0.15, -0.1) is 11.3 Å². The Bertz CT molecular complexity index is 772. The minimum atomic E-state index is -0.571. The lowest BCUT2D eigenvalue weighted by atomic mass is 10.1. The summed E-state index contributed by atoms with van der Waals surface area (Å²) in [6, 6.07) is 8.32. The zero-order valence-electron chi connectivity index (χ0n) is 11.6. The van der Waals surface area contributed by atoms with Crippen molar-refractivity contribution >= 4 is 28.2 Å². The van der Waals surface area contributed by atoms with E-state index in [1.807, 2.05) is 13.0 Å². The van der Waals surface area contributed by atoms with Gasteiger partial charge in [-0.05, 0) is 37.6 Å². The molecule has 1 aromatic heterocycles. The van der Waals surface area contributed by atoms with Crippen LogP contribution in [0.5, 0.6) is 0 Å². The maximum absolute atomic E-state index is 12.2. The molecule has 0 aliphatic carbocycles. The molecule has 0 radical (unpaired) electrons. The van der Waals surface area contributed by atoms with Crippen LogP contribution in [-0.2, 0) is 0 Å². The molecule has 2 rings (SSSR count). The molecule has 2 aromatic rings. The Hall–Kier alpha value is -2.65. The minimum Gasteiger partial charge on any atom is -0.365 e. The van der Waals surface area contributed by atoms with E-state index in [4.69, 9.17) is 11.0 Å². The van der Waals surface area contributed by atoms with Crippen LogP contribution in [0.25, 0.3) is 0 Å². The van der Waals surface area contributed by atoms with Gasteiger partial charge in [0.1, 0.15) is 5.00 Å². The summed E-state index contributed by atoms with van der Waals surface area (Å²) in [4.78, 5) is 24.6. The number of benzene rings is 1. The lowest BCUT2D eigenvalue weighted by Crippen LogP contribution is -2.17. The van der Waals surface area contributed by atoms with Crippen molar-refractivity contribution in [1.29, 1.82) is 5.26 Å². The molecule has 21 heavy (non-hydrogen) atoms. The van der Waals surface area contributed by atoms with Crippen molar-refractivity contribution in [3.05, 3.63) is 51.4 Å². The van der Waals surface area contributed by atoms with Crippen LogP contribution < -0.4 is 11.1 Å². The van der Waals surface area contributed by atoms with E-state index in [-0.39, 0.29) is 5.91 Å². The molecule has 0 fully saturated rings. The summed E-state index contributed by atoms with van der Waals surface area (Å²) in [6.07, 6.45) is 0. The van der Waals surface area contributed by atoms with Crippen LogP contribution in [0, 0.1) is 25.2 Å². The van der Waals surface area contributed by atoms with Gasteiger partial charge in [0.2, 0.25) is 0 Å². The second kappa shape index (κ2) is 5.77. The van der Waals surface area contributed by atoms with Gasteiger partial charge in [-0.2, -0.15) is 5.26 Å². The predicted molar refractivity (Wildman–Crippen MR) is 81.4 cm³/mol. The topological polar surface area (TPSA) is 96.0 Å². The summed E-state index contributed by atoms with van der Waals surface area (Å²) in [5.41, 5.74) is 7.22. The second-order valence-electron chi connectivity index (χ2n) is 4.50. The standard InChI is InChI=1S/C15H13N3O2S/c1-8-9(2)21-15(12(8)13(17)19)18-14(20)11-5-3-4-10(6-11)7-16/h3-6H,1-2H3,(H2,17,19)(H,18,20). The normalized spacial score (nSPS) is 9.95. The molecule has 0 spiro atoms. The predicted octanol–water partition coefficient (Wildman–Crippen LogP) is 2.59. The Balaban J connectivity index is 2.34. The van der Waals surface area contributed by atoms with Crippen LogP contribution in [0.2, 0.25) is 0 Å². The van der Waals surface area contributed by atoms with Gasteiger partial charge in [-0.25, -0.2) is 0 Å². The van der Waals surface area contributed by atoms with Crippen LogP contribution in [0.3, 0.4) is 0 Å². The van der Waals surface area contributed by atoms with Crippen molar-refractivity contribution in [1.82, 2.24) is 0 Å². The van der Waals surface area contributed by atoms with Crippen LogP contribution in [0.1, 0.15) is 36.7 Å². The third-order valence-electron chi connectivity index (χ3n) is 3.11. The van der Waals surface area contributed by atoms with Crippen LogP contribution >= 0.6 is 11.3 Å². The van der Waals surface area contributed by atoms with E-state index in [0.29, 0.717) is 21.7 Å². The number of nitriles is 1. The molecule has 0 atom stereocenters. The first-order valence-electron chi connectivity index (χ1n) is 6.15. The molecule has 106 valence electrons.